The molecule has 0 aromatic rings. The molecule has 3 atom stereocenters. The third kappa shape index (κ3) is 1.23. The summed E-state index contributed by atoms with van der Waals surface area (Å²) in [6.07, 6.45) is -0.542. The second-order valence-electron chi connectivity index (χ2n) is 2.31. The number of aliphatic hydroxyl groups is 1. The Morgan fingerprint density at radius 1 is 1.67 bits per heavy atom. The molecule has 0 aromatic heterocycles. The maximum absolute atomic E-state index is 9.11. The molecule has 1 aliphatic heterocycles. The van der Waals surface area contributed by atoms with E-state index in [1.165, 1.54) is 0 Å². The minimum Gasteiger partial charge on any atom is -0.388 e. The fraction of sp³-hybridized carbons (Fsp3) is 1.00. The molecular formula is C6H12O3. The molecular weight excluding hydrogens is 120 g/mol. The number of rotatable bonds is 1. The molecule has 1 heterocycles. The lowest BCUT2D eigenvalue weighted by Crippen LogP contribution is -2.30. The summed E-state index contributed by atoms with van der Waals surface area (Å²) in [7, 11) is 1.58. The molecule has 3 nitrogen and oxygen atoms in total. The van der Waals surface area contributed by atoms with Gasteiger partial charge in [-0.3, -0.25) is 0 Å². The first-order valence-corrected chi connectivity index (χ1v) is 3.08. The first-order chi connectivity index (χ1) is 4.25. The average Bonchev–Trinajstić information content (AvgIpc) is 2.12. The molecule has 0 aromatic carbocycles. The van der Waals surface area contributed by atoms with Gasteiger partial charge >= 0.3 is 0 Å². The summed E-state index contributed by atoms with van der Waals surface area (Å²) in [4.78, 5) is 0. The lowest BCUT2D eigenvalue weighted by Gasteiger charge is -2.13. The topological polar surface area (TPSA) is 38.7 Å². The largest absolute Gasteiger partial charge is 0.388 e. The van der Waals surface area contributed by atoms with Gasteiger partial charge in [-0.05, 0) is 6.92 Å². The summed E-state index contributed by atoms with van der Waals surface area (Å²) in [6, 6.07) is 0. The van der Waals surface area contributed by atoms with Crippen molar-refractivity contribution < 1.29 is 14.6 Å². The number of aliphatic hydroxyl groups excluding tert-OH is 1. The zero-order valence-electron chi connectivity index (χ0n) is 5.70. The molecule has 3 heteroatoms. The van der Waals surface area contributed by atoms with Crippen molar-refractivity contribution in [1.82, 2.24) is 0 Å². The Bertz CT molecular complexity index is 84.3. The van der Waals surface area contributed by atoms with Crippen LogP contribution in [0, 0.1) is 0 Å². The highest BCUT2D eigenvalue weighted by atomic mass is 16.6. The van der Waals surface area contributed by atoms with E-state index in [-0.39, 0.29) is 12.2 Å². The van der Waals surface area contributed by atoms with Gasteiger partial charge in [-0.2, -0.15) is 0 Å². The average molecular weight is 132 g/mol. The summed E-state index contributed by atoms with van der Waals surface area (Å²) in [5, 5.41) is 9.11. The molecule has 0 aliphatic carbocycles. The lowest BCUT2D eigenvalue weighted by atomic mass is 10.2. The van der Waals surface area contributed by atoms with Gasteiger partial charge in [-0.25, -0.2) is 0 Å². The van der Waals surface area contributed by atoms with Gasteiger partial charge in [-0.15, -0.1) is 0 Å². The molecule has 0 amide bonds. The maximum Gasteiger partial charge on any atom is 0.111 e. The number of ether oxygens (including phenoxy) is 2. The first kappa shape index (κ1) is 6.99. The molecule has 54 valence electrons. The van der Waals surface area contributed by atoms with Crippen LogP contribution in [0.3, 0.4) is 0 Å². The van der Waals surface area contributed by atoms with Crippen LogP contribution in [0.1, 0.15) is 6.92 Å². The summed E-state index contributed by atoms with van der Waals surface area (Å²) in [5.74, 6) is 0. The van der Waals surface area contributed by atoms with Crippen LogP contribution in [0.2, 0.25) is 0 Å². The predicted molar refractivity (Wildman–Crippen MR) is 32.2 cm³/mol. The molecule has 1 fully saturated rings. The van der Waals surface area contributed by atoms with Gasteiger partial charge in [-0.1, -0.05) is 0 Å². The second-order valence-corrected chi connectivity index (χ2v) is 2.31. The maximum atomic E-state index is 9.11. The van der Waals surface area contributed by atoms with Gasteiger partial charge in [0.05, 0.1) is 12.7 Å². The quantitative estimate of drug-likeness (QED) is 0.536. The highest BCUT2D eigenvalue weighted by Crippen LogP contribution is 2.15. The van der Waals surface area contributed by atoms with Crippen LogP contribution in [0.25, 0.3) is 0 Å². The zero-order valence-corrected chi connectivity index (χ0v) is 5.70. The van der Waals surface area contributed by atoms with E-state index in [0.717, 1.165) is 0 Å². The third-order valence-electron chi connectivity index (χ3n) is 1.64. The van der Waals surface area contributed by atoms with Crippen LogP contribution in [-0.4, -0.2) is 37.1 Å². The molecule has 3 unspecified atom stereocenters. The Balaban J connectivity index is 2.44. The SMILES string of the molecule is COC1C(O)COC1C. The van der Waals surface area contributed by atoms with Crippen molar-refractivity contribution in [3.05, 3.63) is 0 Å². The van der Waals surface area contributed by atoms with E-state index in [4.69, 9.17) is 14.6 Å². The second kappa shape index (κ2) is 2.64. The fourth-order valence-corrected chi connectivity index (χ4v) is 1.10. The normalized spacial score (nSPS) is 43.7. The lowest BCUT2D eigenvalue weighted by molar-refractivity contribution is -0.00360. The van der Waals surface area contributed by atoms with Gasteiger partial charge in [0.25, 0.3) is 0 Å². The number of hydrogen-bond donors (Lipinski definition) is 1. The van der Waals surface area contributed by atoms with Crippen molar-refractivity contribution in [2.75, 3.05) is 13.7 Å². The van der Waals surface area contributed by atoms with Crippen LogP contribution in [0.5, 0.6) is 0 Å². The van der Waals surface area contributed by atoms with E-state index in [1.807, 2.05) is 6.92 Å². The zero-order chi connectivity index (χ0) is 6.85. The molecule has 0 spiro atoms. The standard InChI is InChI=1S/C6H12O3/c1-4-6(8-2)5(7)3-9-4/h4-7H,3H2,1-2H3. The van der Waals surface area contributed by atoms with Crippen molar-refractivity contribution in [2.24, 2.45) is 0 Å². The Kier molecular flexibility index (Phi) is 2.05. The Morgan fingerprint density at radius 3 is 2.56 bits per heavy atom. The van der Waals surface area contributed by atoms with Gasteiger partial charge in [0.1, 0.15) is 12.2 Å². The third-order valence-corrected chi connectivity index (χ3v) is 1.64. The summed E-state index contributed by atoms with van der Waals surface area (Å²) < 4.78 is 10.1. The van der Waals surface area contributed by atoms with Gasteiger partial charge in [0.15, 0.2) is 0 Å². The molecule has 0 saturated carbocycles. The van der Waals surface area contributed by atoms with E-state index in [9.17, 15) is 0 Å². The summed E-state index contributed by atoms with van der Waals surface area (Å²) in [6.45, 7) is 2.30. The predicted octanol–water partition coefficient (Wildman–Crippen LogP) is -0.219. The number of hydrogen-bond acceptors (Lipinski definition) is 3. The van der Waals surface area contributed by atoms with Gasteiger partial charge in [0, 0.05) is 7.11 Å². The monoisotopic (exact) mass is 132 g/mol. The van der Waals surface area contributed by atoms with Crippen LogP contribution < -0.4 is 0 Å². The molecule has 1 saturated heterocycles. The van der Waals surface area contributed by atoms with Gasteiger partial charge < -0.3 is 14.6 Å². The minimum absolute atomic E-state index is 0.0324. The van der Waals surface area contributed by atoms with Crippen molar-refractivity contribution in [1.29, 1.82) is 0 Å². The fourth-order valence-electron chi connectivity index (χ4n) is 1.10. The first-order valence-electron chi connectivity index (χ1n) is 3.08. The van der Waals surface area contributed by atoms with Crippen LogP contribution in [-0.2, 0) is 9.47 Å². The molecule has 1 rings (SSSR count). The number of methoxy groups -OCH3 is 1. The van der Waals surface area contributed by atoms with Crippen molar-refractivity contribution >= 4 is 0 Å². The summed E-state index contributed by atoms with van der Waals surface area (Å²) in [5.41, 5.74) is 0. The smallest absolute Gasteiger partial charge is 0.111 e. The van der Waals surface area contributed by atoms with Crippen LogP contribution in [0.4, 0.5) is 0 Å². The molecule has 1 aliphatic rings. The Labute approximate surface area is 54.6 Å². The Hall–Kier alpha value is -0.120. The summed E-state index contributed by atoms with van der Waals surface area (Å²) >= 11 is 0. The van der Waals surface area contributed by atoms with Crippen LogP contribution >= 0.6 is 0 Å². The van der Waals surface area contributed by atoms with Crippen LogP contribution in [0.15, 0.2) is 0 Å². The van der Waals surface area contributed by atoms with E-state index >= 15 is 0 Å². The highest BCUT2D eigenvalue weighted by molar-refractivity contribution is 4.80. The van der Waals surface area contributed by atoms with E-state index in [0.29, 0.717) is 6.61 Å². The van der Waals surface area contributed by atoms with Gasteiger partial charge in [0.2, 0.25) is 0 Å². The minimum atomic E-state index is -0.440. The Morgan fingerprint density at radius 2 is 2.33 bits per heavy atom. The van der Waals surface area contributed by atoms with E-state index < -0.39 is 6.10 Å². The highest BCUT2D eigenvalue weighted by Gasteiger charge is 2.32. The van der Waals surface area contributed by atoms with E-state index in [1.54, 1.807) is 7.11 Å². The van der Waals surface area contributed by atoms with Crippen molar-refractivity contribution in [3.63, 3.8) is 0 Å². The van der Waals surface area contributed by atoms with Crippen molar-refractivity contribution in [3.8, 4) is 0 Å². The molecule has 0 bridgehead atoms. The van der Waals surface area contributed by atoms with Crippen molar-refractivity contribution in [2.45, 2.75) is 25.2 Å². The molecule has 9 heavy (non-hydrogen) atoms. The van der Waals surface area contributed by atoms with E-state index in [2.05, 4.69) is 0 Å². The molecule has 0 radical (unpaired) electrons. The molecule has 1 N–H and O–H groups in total.